The van der Waals surface area contributed by atoms with E-state index in [1.807, 2.05) is 30.3 Å². The van der Waals surface area contributed by atoms with E-state index in [2.05, 4.69) is 44.2 Å². The van der Waals surface area contributed by atoms with Gasteiger partial charge in [-0.25, -0.2) is 9.24 Å². The Bertz CT molecular complexity index is 1640. The van der Waals surface area contributed by atoms with E-state index < -0.39 is 5.82 Å². The summed E-state index contributed by atoms with van der Waals surface area (Å²) in [6.45, 7) is 11.5. The number of piperazine rings is 1. The number of rotatable bonds is 4. The molecule has 0 spiro atoms. The molecule has 3 aliphatic heterocycles. The molecule has 1 fully saturated rings. The van der Waals surface area contributed by atoms with Crippen molar-refractivity contribution < 1.29 is 13.9 Å². The maximum absolute atomic E-state index is 14.3. The van der Waals surface area contributed by atoms with Crippen LogP contribution in [0.25, 0.3) is 15.6 Å². The number of carbonyl (C=O) groups excluding carboxylic acids is 1. The van der Waals surface area contributed by atoms with Crippen molar-refractivity contribution in [1.29, 1.82) is 0 Å². The van der Waals surface area contributed by atoms with E-state index in [9.17, 15) is 9.18 Å². The van der Waals surface area contributed by atoms with Crippen LogP contribution in [0.3, 0.4) is 0 Å². The lowest BCUT2D eigenvalue weighted by molar-refractivity contribution is 0.103. The van der Waals surface area contributed by atoms with Gasteiger partial charge in [-0.05, 0) is 58.8 Å². The highest BCUT2D eigenvalue weighted by atomic mass is 19.1. The van der Waals surface area contributed by atoms with Gasteiger partial charge < -0.3 is 15.0 Å². The monoisotopic (exact) mass is 504 g/mol. The van der Waals surface area contributed by atoms with Gasteiger partial charge in [-0.3, -0.25) is 9.69 Å². The largest absolute Gasteiger partial charge is 0.491 e. The number of nitrogens with one attached hydrogen (secondary N) is 1. The maximum atomic E-state index is 14.3. The number of amides is 1. The van der Waals surface area contributed by atoms with Crippen molar-refractivity contribution in [3.63, 3.8) is 0 Å². The highest BCUT2D eigenvalue weighted by Gasteiger charge is 2.33. The molecule has 7 heteroatoms. The minimum atomic E-state index is -0.390. The third kappa shape index (κ3) is 3.85. The first-order valence-corrected chi connectivity index (χ1v) is 12.8. The summed E-state index contributed by atoms with van der Waals surface area (Å²) in [7, 11) is 0. The average molecular weight is 505 g/mol. The second-order valence-electron chi connectivity index (χ2n) is 10.3. The highest BCUT2D eigenvalue weighted by molar-refractivity contribution is 6.24. The lowest BCUT2D eigenvalue weighted by Crippen LogP contribution is -2.56. The third-order valence-electron chi connectivity index (χ3n) is 7.87. The zero-order valence-corrected chi connectivity index (χ0v) is 20.7. The van der Waals surface area contributed by atoms with Crippen LogP contribution in [0.4, 0.5) is 21.5 Å². The Morgan fingerprint density at radius 2 is 1.87 bits per heavy atom. The molecule has 1 amide bonds. The van der Waals surface area contributed by atoms with Gasteiger partial charge in [0.15, 0.2) is 5.69 Å². The zero-order chi connectivity index (χ0) is 25.8. The molecule has 1 atom stereocenters. The van der Waals surface area contributed by atoms with Crippen molar-refractivity contribution >= 4 is 33.7 Å². The predicted octanol–water partition coefficient (Wildman–Crippen LogP) is 5.77. The van der Waals surface area contributed by atoms with E-state index in [1.54, 1.807) is 0 Å². The van der Waals surface area contributed by atoms with Crippen LogP contribution < -0.4 is 15.0 Å². The van der Waals surface area contributed by atoms with Crippen molar-refractivity contribution in [2.45, 2.75) is 19.0 Å². The van der Waals surface area contributed by atoms with E-state index in [-0.39, 0.29) is 5.91 Å². The molecule has 4 aromatic rings. The number of hydrogen-bond acceptors (Lipinski definition) is 4. The van der Waals surface area contributed by atoms with Crippen LogP contribution in [0, 0.1) is 12.4 Å². The molecule has 38 heavy (non-hydrogen) atoms. The number of ether oxygens (including phenoxy) is 1. The summed E-state index contributed by atoms with van der Waals surface area (Å²) < 4.78 is 20.3. The van der Waals surface area contributed by atoms with Crippen molar-refractivity contribution in [1.82, 2.24) is 4.90 Å². The molecule has 4 aromatic carbocycles. The summed E-state index contributed by atoms with van der Waals surface area (Å²) >= 11 is 0. The van der Waals surface area contributed by atoms with Gasteiger partial charge in [0.2, 0.25) is 0 Å². The Morgan fingerprint density at radius 3 is 2.71 bits per heavy atom. The minimum absolute atomic E-state index is 0.245. The normalized spacial score (nSPS) is 17.9. The first-order valence-electron chi connectivity index (χ1n) is 12.8. The SMILES string of the molecule is [C-]#[N+]c1ccc2c(c1)OC[C@H]1CN(Cc3ccc(Cc4ccc5c6c(cc(F)cc46)C(=O)N5)cc3)CCN21. The van der Waals surface area contributed by atoms with Gasteiger partial charge in [0.25, 0.3) is 5.91 Å². The summed E-state index contributed by atoms with van der Waals surface area (Å²) in [5.41, 5.74) is 6.26. The van der Waals surface area contributed by atoms with Crippen molar-refractivity contribution in [3.05, 3.63) is 106 Å². The quantitative estimate of drug-likeness (QED) is 0.359. The fourth-order valence-electron chi connectivity index (χ4n) is 6.01. The third-order valence-corrected chi connectivity index (χ3v) is 7.87. The number of carbonyl (C=O) groups is 1. The van der Waals surface area contributed by atoms with Crippen LogP contribution in [0.15, 0.2) is 66.7 Å². The number of hydrogen-bond donors (Lipinski definition) is 1. The maximum Gasteiger partial charge on any atom is 0.256 e. The summed E-state index contributed by atoms with van der Waals surface area (Å²) in [6.07, 6.45) is 0.668. The predicted molar refractivity (Wildman–Crippen MR) is 146 cm³/mol. The van der Waals surface area contributed by atoms with E-state index in [1.165, 1.54) is 17.7 Å². The lowest BCUT2D eigenvalue weighted by Gasteiger charge is -2.45. The molecule has 0 radical (unpaired) electrons. The zero-order valence-electron chi connectivity index (χ0n) is 20.7. The molecule has 1 N–H and O–H groups in total. The minimum Gasteiger partial charge on any atom is -0.491 e. The van der Waals surface area contributed by atoms with Gasteiger partial charge in [-0.2, -0.15) is 0 Å². The van der Waals surface area contributed by atoms with Gasteiger partial charge in [0, 0.05) is 37.3 Å². The summed E-state index contributed by atoms with van der Waals surface area (Å²) in [6, 6.07) is 21.4. The second-order valence-corrected chi connectivity index (χ2v) is 10.3. The summed E-state index contributed by atoms with van der Waals surface area (Å²) in [4.78, 5) is 20.6. The van der Waals surface area contributed by atoms with Crippen LogP contribution in [0.2, 0.25) is 0 Å². The number of fused-ring (bicyclic) bond motifs is 3. The standard InChI is InChI=1S/C31H25FN4O2/c1-33-23-7-9-28-29(15-23)38-18-24-17-35(10-11-36(24)28)16-20-4-2-19(3-5-20)12-21-6-8-27-30-25(21)13-22(32)14-26(30)31(37)34-27/h2-9,13-15,24H,10-12,16-18H2,(H,34,37)/t24-/m1/s1. The summed E-state index contributed by atoms with van der Waals surface area (Å²) in [5, 5.41) is 4.43. The van der Waals surface area contributed by atoms with E-state index in [4.69, 9.17) is 11.3 Å². The van der Waals surface area contributed by atoms with Gasteiger partial charge >= 0.3 is 0 Å². The van der Waals surface area contributed by atoms with Gasteiger partial charge in [-0.1, -0.05) is 36.4 Å². The molecule has 7 rings (SSSR count). The van der Waals surface area contributed by atoms with E-state index in [0.717, 1.165) is 65.2 Å². The molecular formula is C31H25FN4O2. The van der Waals surface area contributed by atoms with Gasteiger partial charge in [0.1, 0.15) is 18.2 Å². The Labute approximate surface area is 220 Å². The van der Waals surface area contributed by atoms with Crippen LogP contribution in [0.5, 0.6) is 5.75 Å². The fraction of sp³-hybridized carbons (Fsp3) is 0.226. The van der Waals surface area contributed by atoms with Crippen LogP contribution >= 0.6 is 0 Å². The van der Waals surface area contributed by atoms with Crippen molar-refractivity contribution in [2.24, 2.45) is 0 Å². The van der Waals surface area contributed by atoms with Crippen LogP contribution in [-0.4, -0.2) is 43.1 Å². The van der Waals surface area contributed by atoms with Crippen molar-refractivity contribution in [2.75, 3.05) is 36.5 Å². The van der Waals surface area contributed by atoms with Crippen molar-refractivity contribution in [3.8, 4) is 5.75 Å². The van der Waals surface area contributed by atoms with Crippen LogP contribution in [0.1, 0.15) is 27.0 Å². The molecule has 0 unspecified atom stereocenters. The van der Waals surface area contributed by atoms with Gasteiger partial charge in [-0.15, -0.1) is 0 Å². The Hall–Kier alpha value is -4.41. The summed E-state index contributed by atoms with van der Waals surface area (Å²) in [5.74, 6) is 0.174. The molecule has 188 valence electrons. The Kier molecular flexibility index (Phi) is 5.31. The van der Waals surface area contributed by atoms with E-state index >= 15 is 0 Å². The number of anilines is 2. The molecule has 3 aliphatic rings. The first-order chi connectivity index (χ1) is 18.6. The molecule has 3 heterocycles. The molecule has 0 saturated carbocycles. The molecular weight excluding hydrogens is 479 g/mol. The highest BCUT2D eigenvalue weighted by Crippen LogP contribution is 2.39. The first kappa shape index (κ1) is 22.8. The molecule has 1 saturated heterocycles. The Balaban J connectivity index is 1.04. The fourth-order valence-corrected chi connectivity index (χ4v) is 6.01. The molecule has 0 aromatic heterocycles. The molecule has 6 nitrogen and oxygen atoms in total. The number of benzene rings is 4. The average Bonchev–Trinajstić information content (AvgIpc) is 3.26. The Morgan fingerprint density at radius 1 is 1.03 bits per heavy atom. The van der Waals surface area contributed by atoms with Crippen LogP contribution in [-0.2, 0) is 13.0 Å². The smallest absolute Gasteiger partial charge is 0.256 e. The second kappa shape index (κ2) is 8.86. The van der Waals surface area contributed by atoms with Gasteiger partial charge in [0.05, 0.1) is 23.9 Å². The molecule has 0 bridgehead atoms. The molecule has 0 aliphatic carbocycles. The number of halogens is 1. The van der Waals surface area contributed by atoms with E-state index in [0.29, 0.717) is 30.3 Å². The lowest BCUT2D eigenvalue weighted by atomic mass is 9.95. The topological polar surface area (TPSA) is 49.2 Å². The number of nitrogens with zero attached hydrogens (tertiary/aromatic N) is 3.